The first-order valence-corrected chi connectivity index (χ1v) is 7.13. The van der Waals surface area contributed by atoms with Gasteiger partial charge in [-0.25, -0.2) is 4.98 Å². The molecule has 0 bridgehead atoms. The minimum atomic E-state index is 0.245. The van der Waals surface area contributed by atoms with E-state index < -0.39 is 0 Å². The van der Waals surface area contributed by atoms with Crippen LogP contribution < -0.4 is 5.32 Å². The number of benzene rings is 1. The predicted octanol–water partition coefficient (Wildman–Crippen LogP) is 4.89. The number of aromatic nitrogens is 1. The van der Waals surface area contributed by atoms with E-state index in [0.717, 1.165) is 27.0 Å². The van der Waals surface area contributed by atoms with Crippen LogP contribution >= 0.6 is 22.9 Å². The smallest absolute Gasteiger partial charge is 0.0900 e. The van der Waals surface area contributed by atoms with Crippen molar-refractivity contribution in [2.45, 2.75) is 33.7 Å². The zero-order valence-electron chi connectivity index (χ0n) is 11.0. The number of aryl methyl sites for hydroxylation is 3. The molecule has 96 valence electrons. The Labute approximate surface area is 117 Å². The van der Waals surface area contributed by atoms with Gasteiger partial charge in [0.25, 0.3) is 0 Å². The molecule has 1 N–H and O–H groups in total. The SMILES string of the molecule is Cc1nc(C)c(C(C)Nc2ccc(C)c(Cl)c2)s1. The summed E-state index contributed by atoms with van der Waals surface area (Å²) in [6.45, 7) is 8.25. The standard InChI is InChI=1S/C14H17ClN2S/c1-8-5-6-12(7-13(8)15)17-10(3)14-9(2)16-11(4)18-14/h5-7,10,17H,1-4H3. The first-order chi connectivity index (χ1) is 8.47. The van der Waals surface area contributed by atoms with Crippen LogP contribution in [-0.2, 0) is 0 Å². The zero-order valence-corrected chi connectivity index (χ0v) is 12.6. The molecule has 4 heteroatoms. The third-order valence-corrected chi connectivity index (χ3v) is 4.55. The van der Waals surface area contributed by atoms with Gasteiger partial charge in [-0.05, 0) is 45.4 Å². The summed E-state index contributed by atoms with van der Waals surface area (Å²) in [5.74, 6) is 0. The van der Waals surface area contributed by atoms with Crippen molar-refractivity contribution >= 4 is 28.6 Å². The fraction of sp³-hybridized carbons (Fsp3) is 0.357. The van der Waals surface area contributed by atoms with Crippen LogP contribution in [0.1, 0.15) is 34.1 Å². The van der Waals surface area contributed by atoms with Crippen molar-refractivity contribution < 1.29 is 0 Å². The molecule has 1 aromatic carbocycles. The Bertz CT molecular complexity index is 563. The Balaban J connectivity index is 2.18. The average Bonchev–Trinajstić information content (AvgIpc) is 2.63. The number of rotatable bonds is 3. The Kier molecular flexibility index (Phi) is 3.93. The van der Waals surface area contributed by atoms with E-state index >= 15 is 0 Å². The number of thiazole rings is 1. The second kappa shape index (κ2) is 5.29. The maximum Gasteiger partial charge on any atom is 0.0900 e. The van der Waals surface area contributed by atoms with Gasteiger partial charge in [0.15, 0.2) is 0 Å². The summed E-state index contributed by atoms with van der Waals surface area (Å²) in [4.78, 5) is 5.74. The molecule has 0 fully saturated rings. The van der Waals surface area contributed by atoms with Crippen LogP contribution in [0.25, 0.3) is 0 Å². The monoisotopic (exact) mass is 280 g/mol. The van der Waals surface area contributed by atoms with E-state index in [4.69, 9.17) is 11.6 Å². The van der Waals surface area contributed by atoms with E-state index in [1.807, 2.05) is 26.0 Å². The van der Waals surface area contributed by atoms with Gasteiger partial charge in [-0.1, -0.05) is 17.7 Å². The van der Waals surface area contributed by atoms with E-state index in [1.165, 1.54) is 4.88 Å². The number of anilines is 1. The van der Waals surface area contributed by atoms with E-state index in [-0.39, 0.29) is 6.04 Å². The highest BCUT2D eigenvalue weighted by atomic mass is 35.5. The van der Waals surface area contributed by atoms with Crippen LogP contribution in [0.2, 0.25) is 5.02 Å². The third-order valence-electron chi connectivity index (χ3n) is 2.89. The average molecular weight is 281 g/mol. The Morgan fingerprint density at radius 1 is 1.28 bits per heavy atom. The van der Waals surface area contributed by atoms with E-state index in [0.29, 0.717) is 0 Å². The summed E-state index contributed by atoms with van der Waals surface area (Å²) in [5, 5.41) is 5.37. The van der Waals surface area contributed by atoms with E-state index in [9.17, 15) is 0 Å². The zero-order chi connectivity index (χ0) is 13.3. The highest BCUT2D eigenvalue weighted by molar-refractivity contribution is 7.11. The summed E-state index contributed by atoms with van der Waals surface area (Å²) in [6.07, 6.45) is 0. The highest BCUT2D eigenvalue weighted by Gasteiger charge is 2.12. The molecular weight excluding hydrogens is 264 g/mol. The van der Waals surface area contributed by atoms with Crippen LogP contribution in [0.4, 0.5) is 5.69 Å². The van der Waals surface area contributed by atoms with Gasteiger partial charge in [0.1, 0.15) is 0 Å². The number of hydrogen-bond acceptors (Lipinski definition) is 3. The van der Waals surface area contributed by atoms with Crippen molar-refractivity contribution in [2.24, 2.45) is 0 Å². The fourth-order valence-electron chi connectivity index (χ4n) is 1.95. The fourth-order valence-corrected chi connectivity index (χ4v) is 3.06. The molecule has 0 aliphatic carbocycles. The molecule has 2 nitrogen and oxygen atoms in total. The molecule has 0 aliphatic rings. The third kappa shape index (κ3) is 2.85. The van der Waals surface area contributed by atoms with Crippen molar-refractivity contribution in [1.82, 2.24) is 4.98 Å². The predicted molar refractivity (Wildman–Crippen MR) is 79.8 cm³/mol. The van der Waals surface area contributed by atoms with E-state index in [1.54, 1.807) is 11.3 Å². The molecule has 0 spiro atoms. The lowest BCUT2D eigenvalue weighted by Crippen LogP contribution is -2.06. The van der Waals surface area contributed by atoms with Crippen LogP contribution in [0.3, 0.4) is 0 Å². The van der Waals surface area contributed by atoms with Gasteiger partial charge in [-0.2, -0.15) is 0 Å². The van der Waals surface area contributed by atoms with Gasteiger partial charge < -0.3 is 5.32 Å². The molecule has 18 heavy (non-hydrogen) atoms. The molecule has 2 rings (SSSR count). The Hall–Kier alpha value is -1.06. The highest BCUT2D eigenvalue weighted by Crippen LogP contribution is 2.28. The van der Waals surface area contributed by atoms with Gasteiger partial charge in [0, 0.05) is 15.6 Å². The van der Waals surface area contributed by atoms with Crippen molar-refractivity contribution in [3.8, 4) is 0 Å². The van der Waals surface area contributed by atoms with Crippen LogP contribution in [-0.4, -0.2) is 4.98 Å². The molecule has 0 radical (unpaired) electrons. The van der Waals surface area contributed by atoms with Crippen LogP contribution in [0, 0.1) is 20.8 Å². The summed E-state index contributed by atoms with van der Waals surface area (Å²) in [5.41, 5.74) is 3.25. The molecule has 1 aromatic heterocycles. The number of halogens is 1. The second-order valence-electron chi connectivity index (χ2n) is 4.51. The largest absolute Gasteiger partial charge is 0.378 e. The summed E-state index contributed by atoms with van der Waals surface area (Å²) in [6, 6.07) is 6.30. The van der Waals surface area contributed by atoms with Gasteiger partial charge in [0.2, 0.25) is 0 Å². The molecule has 1 unspecified atom stereocenters. The second-order valence-corrected chi connectivity index (χ2v) is 6.15. The van der Waals surface area contributed by atoms with Crippen molar-refractivity contribution in [3.05, 3.63) is 44.4 Å². The molecule has 0 aliphatic heterocycles. The lowest BCUT2D eigenvalue weighted by atomic mass is 10.2. The molecule has 2 aromatic rings. The first kappa shape index (κ1) is 13.4. The van der Waals surface area contributed by atoms with Crippen molar-refractivity contribution in [2.75, 3.05) is 5.32 Å². The molecular formula is C14H17ClN2S. The van der Waals surface area contributed by atoms with Crippen LogP contribution in [0.15, 0.2) is 18.2 Å². The first-order valence-electron chi connectivity index (χ1n) is 5.94. The quantitative estimate of drug-likeness (QED) is 0.865. The summed E-state index contributed by atoms with van der Waals surface area (Å²) >= 11 is 7.87. The lowest BCUT2D eigenvalue weighted by Gasteiger charge is -2.15. The molecule has 0 amide bonds. The number of nitrogens with one attached hydrogen (secondary N) is 1. The summed E-state index contributed by atoms with van der Waals surface area (Å²) in [7, 11) is 0. The molecule has 1 heterocycles. The molecule has 0 saturated carbocycles. The van der Waals surface area contributed by atoms with Crippen LogP contribution in [0.5, 0.6) is 0 Å². The van der Waals surface area contributed by atoms with E-state index in [2.05, 4.69) is 30.2 Å². The Morgan fingerprint density at radius 2 is 2.00 bits per heavy atom. The van der Waals surface area contributed by atoms with Gasteiger partial charge in [0.05, 0.1) is 16.7 Å². The molecule has 1 atom stereocenters. The van der Waals surface area contributed by atoms with Gasteiger partial charge in [-0.15, -0.1) is 11.3 Å². The number of nitrogens with zero attached hydrogens (tertiary/aromatic N) is 1. The summed E-state index contributed by atoms with van der Waals surface area (Å²) < 4.78 is 0. The lowest BCUT2D eigenvalue weighted by molar-refractivity contribution is 0.890. The van der Waals surface area contributed by atoms with Crippen molar-refractivity contribution in [1.29, 1.82) is 0 Å². The maximum absolute atomic E-state index is 6.13. The molecule has 0 saturated heterocycles. The maximum atomic E-state index is 6.13. The van der Waals surface area contributed by atoms with Gasteiger partial charge in [-0.3, -0.25) is 0 Å². The Morgan fingerprint density at radius 3 is 2.56 bits per heavy atom. The minimum Gasteiger partial charge on any atom is -0.378 e. The topological polar surface area (TPSA) is 24.9 Å². The van der Waals surface area contributed by atoms with Gasteiger partial charge >= 0.3 is 0 Å². The van der Waals surface area contributed by atoms with Crippen molar-refractivity contribution in [3.63, 3.8) is 0 Å². The minimum absolute atomic E-state index is 0.245. The normalized spacial score (nSPS) is 12.5. The number of hydrogen-bond donors (Lipinski definition) is 1.